The van der Waals surface area contributed by atoms with Crippen LogP contribution in [-0.4, -0.2) is 18.8 Å². The van der Waals surface area contributed by atoms with Crippen LogP contribution >= 0.6 is 0 Å². The van der Waals surface area contributed by atoms with Gasteiger partial charge in [0.05, 0.1) is 14.2 Å². The fourth-order valence-electron chi connectivity index (χ4n) is 2.51. The third kappa shape index (κ3) is 3.58. The molecule has 126 valence electrons. The lowest BCUT2D eigenvalue weighted by molar-refractivity contribution is 0.389. The van der Waals surface area contributed by atoms with Crippen molar-refractivity contribution in [1.29, 1.82) is 0 Å². The Balaban J connectivity index is 0.00000127. The summed E-state index contributed by atoms with van der Waals surface area (Å²) in [6.45, 7) is 9.77. The first-order valence-electron chi connectivity index (χ1n) is 7.80. The Hall–Kier alpha value is -2.23. The summed E-state index contributed by atoms with van der Waals surface area (Å²) in [6.07, 6.45) is 1.86. The molecule has 0 N–H and O–H groups in total. The topological polar surface area (TPSA) is 40.5 Å². The molecule has 0 atom stereocenters. The van der Waals surface area contributed by atoms with Crippen LogP contribution < -0.4 is 15.0 Å². The highest BCUT2D eigenvalue weighted by Crippen LogP contribution is 2.35. The Labute approximate surface area is 138 Å². The summed E-state index contributed by atoms with van der Waals surface area (Å²) >= 11 is 0. The molecule has 1 heterocycles. The van der Waals surface area contributed by atoms with Crippen LogP contribution in [0.5, 0.6) is 11.5 Å². The molecule has 1 aromatic carbocycles. The predicted octanol–water partition coefficient (Wildman–Crippen LogP) is 4.02. The number of rotatable bonds is 3. The summed E-state index contributed by atoms with van der Waals surface area (Å²) in [5, 5.41) is 0. The van der Waals surface area contributed by atoms with Crippen LogP contribution in [0.1, 0.15) is 30.5 Å². The van der Waals surface area contributed by atoms with Crippen molar-refractivity contribution in [3.8, 4) is 22.6 Å². The maximum Gasteiger partial charge on any atom is 0.253 e. The van der Waals surface area contributed by atoms with Gasteiger partial charge in [0.2, 0.25) is 0 Å². The molecule has 2 rings (SSSR count). The molecule has 0 amide bonds. The molecule has 0 aliphatic carbocycles. The van der Waals surface area contributed by atoms with Crippen LogP contribution in [0.4, 0.5) is 0 Å². The number of aryl methyl sites for hydroxylation is 1. The van der Waals surface area contributed by atoms with E-state index >= 15 is 0 Å². The van der Waals surface area contributed by atoms with E-state index in [1.807, 2.05) is 52.9 Å². The Bertz CT molecular complexity index is 720. The second-order valence-electron chi connectivity index (χ2n) is 5.21. The first kappa shape index (κ1) is 18.8. The second-order valence-corrected chi connectivity index (χ2v) is 5.21. The van der Waals surface area contributed by atoms with Gasteiger partial charge in [0.25, 0.3) is 5.56 Å². The number of ether oxygens (including phenoxy) is 2. The van der Waals surface area contributed by atoms with Gasteiger partial charge in [0, 0.05) is 29.9 Å². The van der Waals surface area contributed by atoms with Gasteiger partial charge in [-0.25, -0.2) is 0 Å². The van der Waals surface area contributed by atoms with Gasteiger partial charge in [0.15, 0.2) is 0 Å². The van der Waals surface area contributed by atoms with Crippen molar-refractivity contribution < 1.29 is 9.47 Å². The fourth-order valence-corrected chi connectivity index (χ4v) is 2.51. The van der Waals surface area contributed by atoms with E-state index in [0.717, 1.165) is 39.3 Å². The zero-order chi connectivity index (χ0) is 17.7. The van der Waals surface area contributed by atoms with Crippen LogP contribution in [0.2, 0.25) is 0 Å². The van der Waals surface area contributed by atoms with E-state index in [-0.39, 0.29) is 5.56 Å². The Morgan fingerprint density at radius 2 is 1.35 bits per heavy atom. The number of methoxy groups -OCH3 is 2. The minimum absolute atomic E-state index is 0.0299. The van der Waals surface area contributed by atoms with E-state index in [1.54, 1.807) is 25.8 Å². The molecule has 0 spiro atoms. The molecule has 1 aromatic heterocycles. The molecular weight excluding hydrogens is 290 g/mol. The zero-order valence-electron chi connectivity index (χ0n) is 15.4. The second kappa shape index (κ2) is 7.86. The molecule has 0 fully saturated rings. The smallest absolute Gasteiger partial charge is 0.253 e. The van der Waals surface area contributed by atoms with Gasteiger partial charge >= 0.3 is 0 Å². The van der Waals surface area contributed by atoms with Crippen molar-refractivity contribution in [1.82, 2.24) is 4.57 Å². The van der Waals surface area contributed by atoms with E-state index in [9.17, 15) is 4.79 Å². The first-order chi connectivity index (χ1) is 10.9. The summed E-state index contributed by atoms with van der Waals surface area (Å²) in [6, 6.07) is 3.95. The fraction of sp³-hybridized carbons (Fsp3) is 0.421. The number of nitrogens with zero attached hydrogens (tertiary/aromatic N) is 1. The molecule has 2 aromatic rings. The van der Waals surface area contributed by atoms with Gasteiger partial charge in [0.1, 0.15) is 11.5 Å². The number of hydrogen-bond acceptors (Lipinski definition) is 3. The average Bonchev–Trinajstić information content (AvgIpc) is 2.58. The predicted molar refractivity (Wildman–Crippen MR) is 95.8 cm³/mol. The monoisotopic (exact) mass is 317 g/mol. The van der Waals surface area contributed by atoms with Gasteiger partial charge in [-0.3, -0.25) is 4.79 Å². The van der Waals surface area contributed by atoms with Crippen molar-refractivity contribution in [2.24, 2.45) is 7.05 Å². The maximum atomic E-state index is 12.0. The highest BCUT2D eigenvalue weighted by molar-refractivity contribution is 5.72. The molecular formula is C19H27NO3. The zero-order valence-corrected chi connectivity index (χ0v) is 15.4. The highest BCUT2D eigenvalue weighted by atomic mass is 16.5. The molecule has 0 unspecified atom stereocenters. The van der Waals surface area contributed by atoms with Crippen LogP contribution in [0.15, 0.2) is 23.1 Å². The summed E-state index contributed by atoms with van der Waals surface area (Å²) in [4.78, 5) is 12.0. The molecule has 4 nitrogen and oxygen atoms in total. The number of aromatic nitrogens is 1. The minimum Gasteiger partial charge on any atom is -0.496 e. The Morgan fingerprint density at radius 1 is 0.870 bits per heavy atom. The van der Waals surface area contributed by atoms with Gasteiger partial charge in [-0.05, 0) is 44.0 Å². The SMILES string of the molecule is CC.COc1cc(-c2cn(C)c(=O)c(C)c2C)cc(OC)c1C. The quantitative estimate of drug-likeness (QED) is 0.858. The van der Waals surface area contributed by atoms with E-state index in [1.165, 1.54) is 0 Å². The molecule has 4 heteroatoms. The summed E-state index contributed by atoms with van der Waals surface area (Å²) in [5.41, 5.74) is 4.71. The highest BCUT2D eigenvalue weighted by Gasteiger charge is 2.14. The normalized spacial score (nSPS) is 9.91. The van der Waals surface area contributed by atoms with Crippen LogP contribution in [0.25, 0.3) is 11.1 Å². The number of pyridine rings is 1. The molecule has 0 saturated carbocycles. The molecule has 0 saturated heterocycles. The lowest BCUT2D eigenvalue weighted by atomic mass is 9.97. The van der Waals surface area contributed by atoms with Crippen LogP contribution in [0, 0.1) is 20.8 Å². The summed E-state index contributed by atoms with van der Waals surface area (Å²) in [5.74, 6) is 1.55. The molecule has 0 aliphatic heterocycles. The first-order valence-corrected chi connectivity index (χ1v) is 7.80. The number of hydrogen-bond donors (Lipinski definition) is 0. The molecule has 0 aliphatic rings. The van der Waals surface area contributed by atoms with E-state index in [2.05, 4.69) is 0 Å². The van der Waals surface area contributed by atoms with Gasteiger partial charge in [-0.15, -0.1) is 0 Å². The van der Waals surface area contributed by atoms with E-state index in [4.69, 9.17) is 9.47 Å². The van der Waals surface area contributed by atoms with Crippen LogP contribution in [0.3, 0.4) is 0 Å². The number of benzene rings is 1. The van der Waals surface area contributed by atoms with Gasteiger partial charge in [-0.1, -0.05) is 13.8 Å². The summed E-state index contributed by atoms with van der Waals surface area (Å²) < 4.78 is 12.5. The van der Waals surface area contributed by atoms with E-state index in [0.29, 0.717) is 0 Å². The lowest BCUT2D eigenvalue weighted by Crippen LogP contribution is -2.20. The third-order valence-electron chi connectivity index (χ3n) is 3.99. The Kier molecular flexibility index (Phi) is 6.43. The van der Waals surface area contributed by atoms with Crippen molar-refractivity contribution in [2.45, 2.75) is 34.6 Å². The molecule has 0 bridgehead atoms. The van der Waals surface area contributed by atoms with Crippen molar-refractivity contribution in [2.75, 3.05) is 14.2 Å². The van der Waals surface area contributed by atoms with Crippen molar-refractivity contribution >= 4 is 0 Å². The van der Waals surface area contributed by atoms with Crippen molar-refractivity contribution in [3.63, 3.8) is 0 Å². The molecule has 0 radical (unpaired) electrons. The largest absolute Gasteiger partial charge is 0.496 e. The maximum absolute atomic E-state index is 12.0. The molecule has 23 heavy (non-hydrogen) atoms. The Morgan fingerprint density at radius 3 is 1.78 bits per heavy atom. The average molecular weight is 317 g/mol. The summed E-state index contributed by atoms with van der Waals surface area (Å²) in [7, 11) is 5.05. The minimum atomic E-state index is 0.0299. The van der Waals surface area contributed by atoms with Gasteiger partial charge < -0.3 is 14.0 Å². The van der Waals surface area contributed by atoms with Crippen molar-refractivity contribution in [3.05, 3.63) is 45.4 Å². The van der Waals surface area contributed by atoms with Gasteiger partial charge in [-0.2, -0.15) is 0 Å². The lowest BCUT2D eigenvalue weighted by Gasteiger charge is -2.15. The standard InChI is InChI=1S/C17H21NO3.C2H6/c1-10-11(2)17(19)18(4)9-14(10)13-7-15(20-5)12(3)16(8-13)21-6;1-2/h7-9H,1-6H3;1-2H3. The van der Waals surface area contributed by atoms with E-state index < -0.39 is 0 Å². The van der Waals surface area contributed by atoms with Crippen LogP contribution in [-0.2, 0) is 7.05 Å². The third-order valence-corrected chi connectivity index (χ3v) is 3.99.